The number of nitrogens with zero attached hydrogens (tertiary/aromatic N) is 6. The van der Waals surface area contributed by atoms with Crippen molar-refractivity contribution in [3.05, 3.63) is 36.4 Å². The van der Waals surface area contributed by atoms with Gasteiger partial charge in [-0.1, -0.05) is 11.3 Å². The third-order valence-electron chi connectivity index (χ3n) is 5.36. The van der Waals surface area contributed by atoms with Gasteiger partial charge in [-0.3, -0.25) is 4.57 Å². The van der Waals surface area contributed by atoms with Crippen LogP contribution in [0.4, 0.5) is 5.82 Å². The van der Waals surface area contributed by atoms with E-state index in [-0.39, 0.29) is 6.16 Å². The lowest BCUT2D eigenvalue weighted by Gasteiger charge is -2.33. The topological polar surface area (TPSA) is 117 Å². The minimum atomic E-state index is -3.92. The molecule has 10 heteroatoms. The second kappa shape index (κ2) is 7.58. The molecule has 0 atom stereocenters. The molecule has 0 aliphatic carbocycles. The van der Waals surface area contributed by atoms with Crippen LogP contribution in [0.5, 0.6) is 0 Å². The van der Waals surface area contributed by atoms with E-state index >= 15 is 0 Å². The summed E-state index contributed by atoms with van der Waals surface area (Å²) in [6.45, 7) is 3.64. The molecule has 148 valence electrons. The fourth-order valence-electron chi connectivity index (χ4n) is 3.86. The molecule has 0 spiro atoms. The number of piperidine rings is 1. The predicted octanol–water partition coefficient (Wildman–Crippen LogP) is 2.30. The zero-order chi connectivity index (χ0) is 19.7. The number of fused-ring (bicyclic) bond motifs is 1. The standard InChI is InChI=1S/C18H23N6O3P/c1-13-2-3-15-16(17(13)24-10-7-21-22-24)19-12-20-18(15)23-8-4-14(5-9-23)6-11-28(25,26)27/h2-3,7,10,12,14H,4-6,8-9,11H2,1H3,(H2,25,26,27). The van der Waals surface area contributed by atoms with Gasteiger partial charge in [0.05, 0.1) is 24.2 Å². The smallest absolute Gasteiger partial charge is 0.325 e. The van der Waals surface area contributed by atoms with Gasteiger partial charge in [0.15, 0.2) is 0 Å². The highest BCUT2D eigenvalue weighted by molar-refractivity contribution is 7.51. The van der Waals surface area contributed by atoms with Crippen molar-refractivity contribution in [1.82, 2.24) is 25.0 Å². The maximum atomic E-state index is 11.1. The molecule has 1 saturated heterocycles. The molecule has 1 aliphatic rings. The molecule has 0 saturated carbocycles. The van der Waals surface area contributed by atoms with Crippen LogP contribution in [0.25, 0.3) is 16.6 Å². The Balaban J connectivity index is 1.59. The van der Waals surface area contributed by atoms with Gasteiger partial charge in [-0.15, -0.1) is 5.10 Å². The summed E-state index contributed by atoms with van der Waals surface area (Å²) >= 11 is 0. The van der Waals surface area contributed by atoms with Crippen LogP contribution < -0.4 is 4.90 Å². The molecule has 9 nitrogen and oxygen atoms in total. The molecule has 3 aromatic rings. The van der Waals surface area contributed by atoms with Gasteiger partial charge >= 0.3 is 7.60 Å². The molecule has 1 aromatic carbocycles. The molecule has 1 fully saturated rings. The van der Waals surface area contributed by atoms with Gasteiger partial charge in [0.2, 0.25) is 0 Å². The number of hydrogen-bond donors (Lipinski definition) is 2. The highest BCUT2D eigenvalue weighted by Crippen LogP contribution is 2.38. The van der Waals surface area contributed by atoms with E-state index < -0.39 is 7.60 Å². The quantitative estimate of drug-likeness (QED) is 0.625. The minimum absolute atomic E-state index is 0.0331. The van der Waals surface area contributed by atoms with Crippen molar-refractivity contribution in [3.63, 3.8) is 0 Å². The van der Waals surface area contributed by atoms with Gasteiger partial charge in [0.25, 0.3) is 0 Å². The number of hydrogen-bond acceptors (Lipinski definition) is 6. The molecule has 0 amide bonds. The Morgan fingerprint density at radius 2 is 2.00 bits per heavy atom. The van der Waals surface area contributed by atoms with Gasteiger partial charge in [0, 0.05) is 18.5 Å². The van der Waals surface area contributed by atoms with E-state index in [1.54, 1.807) is 23.4 Å². The summed E-state index contributed by atoms with van der Waals surface area (Å²) in [6.07, 6.45) is 7.35. The van der Waals surface area contributed by atoms with Crippen LogP contribution in [0.15, 0.2) is 30.9 Å². The molecular weight excluding hydrogens is 379 g/mol. The maximum absolute atomic E-state index is 11.1. The third kappa shape index (κ3) is 3.92. The third-order valence-corrected chi connectivity index (χ3v) is 6.20. The second-order valence-electron chi connectivity index (χ2n) is 7.28. The first-order valence-electron chi connectivity index (χ1n) is 9.33. The number of aromatic nitrogens is 5. The zero-order valence-corrected chi connectivity index (χ0v) is 16.5. The van der Waals surface area contributed by atoms with E-state index in [9.17, 15) is 4.57 Å². The van der Waals surface area contributed by atoms with Gasteiger partial charge < -0.3 is 14.7 Å². The van der Waals surface area contributed by atoms with Crippen molar-refractivity contribution in [1.29, 1.82) is 0 Å². The van der Waals surface area contributed by atoms with E-state index in [1.165, 1.54) is 0 Å². The molecule has 2 N–H and O–H groups in total. The van der Waals surface area contributed by atoms with Crippen LogP contribution in [0, 0.1) is 12.8 Å². The Bertz CT molecular complexity index is 1010. The van der Waals surface area contributed by atoms with E-state index in [4.69, 9.17) is 9.79 Å². The fraction of sp³-hybridized carbons (Fsp3) is 0.444. The first-order valence-corrected chi connectivity index (χ1v) is 11.1. The molecule has 2 aromatic heterocycles. The van der Waals surface area contributed by atoms with Crippen molar-refractivity contribution < 1.29 is 14.4 Å². The number of benzene rings is 1. The van der Waals surface area contributed by atoms with Gasteiger partial charge in [-0.05, 0) is 43.7 Å². The Labute approximate surface area is 162 Å². The molecule has 0 radical (unpaired) electrons. The first-order chi connectivity index (χ1) is 13.4. The number of aryl methyl sites for hydroxylation is 1. The van der Waals surface area contributed by atoms with E-state index in [0.717, 1.165) is 53.9 Å². The lowest BCUT2D eigenvalue weighted by atomic mass is 9.94. The summed E-state index contributed by atoms with van der Waals surface area (Å²) in [5.41, 5.74) is 2.79. The molecule has 4 rings (SSSR count). The monoisotopic (exact) mass is 402 g/mol. The lowest BCUT2D eigenvalue weighted by molar-refractivity contribution is 0.350. The maximum Gasteiger partial charge on any atom is 0.325 e. The number of anilines is 1. The predicted molar refractivity (Wildman–Crippen MR) is 106 cm³/mol. The van der Waals surface area contributed by atoms with Crippen LogP contribution in [0.3, 0.4) is 0 Å². The summed E-state index contributed by atoms with van der Waals surface area (Å²) in [5, 5.41) is 8.99. The summed E-state index contributed by atoms with van der Waals surface area (Å²) in [4.78, 5) is 29.5. The van der Waals surface area contributed by atoms with Crippen molar-refractivity contribution >= 4 is 24.3 Å². The molecule has 3 heterocycles. The van der Waals surface area contributed by atoms with Gasteiger partial charge in [0.1, 0.15) is 17.7 Å². The second-order valence-corrected chi connectivity index (χ2v) is 9.06. The van der Waals surface area contributed by atoms with E-state index in [2.05, 4.69) is 25.2 Å². The fourth-order valence-corrected chi connectivity index (χ4v) is 4.56. The first kappa shape index (κ1) is 19.0. The molecule has 1 aliphatic heterocycles. The minimum Gasteiger partial charge on any atom is -0.356 e. The summed E-state index contributed by atoms with van der Waals surface area (Å²) in [6, 6.07) is 4.08. The van der Waals surface area contributed by atoms with Crippen LogP contribution in [-0.2, 0) is 4.57 Å². The van der Waals surface area contributed by atoms with Gasteiger partial charge in [-0.2, -0.15) is 0 Å². The van der Waals surface area contributed by atoms with Crippen LogP contribution in [0.2, 0.25) is 0 Å². The lowest BCUT2D eigenvalue weighted by Crippen LogP contribution is -2.34. The Morgan fingerprint density at radius 1 is 1.21 bits per heavy atom. The summed E-state index contributed by atoms with van der Waals surface area (Å²) < 4.78 is 12.8. The molecule has 0 bridgehead atoms. The van der Waals surface area contributed by atoms with Crippen molar-refractivity contribution in [3.8, 4) is 5.69 Å². The molecular formula is C18H23N6O3P. The normalized spacial score (nSPS) is 16.0. The Hall–Kier alpha value is -2.35. The average molecular weight is 402 g/mol. The SMILES string of the molecule is Cc1ccc2c(N3CCC(CCP(=O)(O)O)CC3)ncnc2c1-n1ccnn1. The summed E-state index contributed by atoms with van der Waals surface area (Å²) in [5.74, 6) is 1.23. The van der Waals surface area contributed by atoms with E-state index in [1.807, 2.05) is 19.1 Å². The zero-order valence-electron chi connectivity index (χ0n) is 15.6. The molecule has 0 unspecified atom stereocenters. The number of rotatable bonds is 5. The van der Waals surface area contributed by atoms with Crippen LogP contribution >= 0.6 is 7.60 Å². The highest BCUT2D eigenvalue weighted by atomic mass is 31.2. The van der Waals surface area contributed by atoms with Crippen molar-refractivity contribution in [2.75, 3.05) is 24.2 Å². The Morgan fingerprint density at radius 3 is 2.68 bits per heavy atom. The van der Waals surface area contributed by atoms with Crippen LogP contribution in [-0.4, -0.2) is 54.0 Å². The van der Waals surface area contributed by atoms with Gasteiger partial charge in [-0.25, -0.2) is 14.6 Å². The Kier molecular flexibility index (Phi) is 5.14. The van der Waals surface area contributed by atoms with E-state index in [0.29, 0.717) is 12.3 Å². The summed E-state index contributed by atoms with van der Waals surface area (Å²) in [7, 11) is -3.92. The highest BCUT2D eigenvalue weighted by Gasteiger charge is 2.24. The van der Waals surface area contributed by atoms with Crippen LogP contribution in [0.1, 0.15) is 24.8 Å². The average Bonchev–Trinajstić information content (AvgIpc) is 3.20. The van der Waals surface area contributed by atoms with Crippen molar-refractivity contribution in [2.24, 2.45) is 5.92 Å². The molecule has 28 heavy (non-hydrogen) atoms. The van der Waals surface area contributed by atoms with Crippen molar-refractivity contribution in [2.45, 2.75) is 26.2 Å². The largest absolute Gasteiger partial charge is 0.356 e.